The van der Waals surface area contributed by atoms with Gasteiger partial charge in [0, 0.05) is 11.4 Å². The van der Waals surface area contributed by atoms with Gasteiger partial charge in [0.25, 0.3) is 0 Å². The predicted molar refractivity (Wildman–Crippen MR) is 76.7 cm³/mol. The van der Waals surface area contributed by atoms with E-state index in [0.29, 0.717) is 17.8 Å². The summed E-state index contributed by atoms with van der Waals surface area (Å²) < 4.78 is 65.0. The summed E-state index contributed by atoms with van der Waals surface area (Å²) in [6.45, 7) is 0. The molecule has 1 fully saturated rings. The molecule has 0 spiro atoms. The molecule has 1 saturated carbocycles. The molecule has 0 saturated heterocycles. The molecule has 0 radical (unpaired) electrons. The fraction of sp³-hybridized carbons (Fsp3) is 0.538. The van der Waals surface area contributed by atoms with Crippen LogP contribution in [0.25, 0.3) is 0 Å². The molecule has 0 amide bonds. The number of alkyl halides is 4. The minimum atomic E-state index is -4.56. The van der Waals surface area contributed by atoms with Gasteiger partial charge in [-0.1, -0.05) is 28.4 Å². The number of rotatable bonds is 4. The van der Waals surface area contributed by atoms with Crippen LogP contribution in [-0.2, 0) is 16.2 Å². The normalized spacial score (nSPS) is 23.4. The molecule has 1 aromatic rings. The fourth-order valence-corrected chi connectivity index (χ4v) is 4.64. The molecule has 1 aromatic carbocycles. The van der Waals surface area contributed by atoms with Crippen molar-refractivity contribution < 1.29 is 21.6 Å². The fourth-order valence-electron chi connectivity index (χ4n) is 2.48. The Labute approximate surface area is 130 Å². The second kappa shape index (κ2) is 6.26. The minimum Gasteiger partial charge on any atom is -0.208 e. The zero-order chi connectivity index (χ0) is 15.7. The maximum atomic E-state index is 12.7. The van der Waals surface area contributed by atoms with Crippen molar-refractivity contribution in [3.05, 3.63) is 29.8 Å². The lowest BCUT2D eigenvalue weighted by Gasteiger charge is -2.19. The molecule has 1 aliphatic carbocycles. The Hall–Kier alpha value is -0.600. The van der Waals surface area contributed by atoms with Crippen molar-refractivity contribution in [1.29, 1.82) is 0 Å². The summed E-state index contributed by atoms with van der Waals surface area (Å²) in [6.07, 6.45) is -2.04. The SMILES string of the molecule is O=S(=O)(NC1CCCC1CBr)c1cccc(C(F)(F)F)c1. The van der Waals surface area contributed by atoms with Crippen molar-refractivity contribution in [2.45, 2.75) is 36.4 Å². The van der Waals surface area contributed by atoms with Crippen LogP contribution in [-0.4, -0.2) is 19.8 Å². The van der Waals surface area contributed by atoms with Gasteiger partial charge in [-0.2, -0.15) is 13.2 Å². The first-order chi connectivity index (χ1) is 9.74. The Morgan fingerprint density at radius 2 is 2.00 bits per heavy atom. The van der Waals surface area contributed by atoms with E-state index in [1.165, 1.54) is 6.07 Å². The van der Waals surface area contributed by atoms with E-state index in [4.69, 9.17) is 0 Å². The molecular weight excluding hydrogens is 371 g/mol. The first-order valence-electron chi connectivity index (χ1n) is 6.49. The van der Waals surface area contributed by atoms with E-state index in [0.717, 1.165) is 25.0 Å². The summed E-state index contributed by atoms with van der Waals surface area (Å²) in [5.74, 6) is 0.172. The molecule has 0 bridgehead atoms. The monoisotopic (exact) mass is 385 g/mol. The zero-order valence-corrected chi connectivity index (χ0v) is 13.4. The molecular formula is C13H15BrF3NO2S. The molecule has 3 nitrogen and oxygen atoms in total. The van der Waals surface area contributed by atoms with E-state index in [2.05, 4.69) is 20.7 Å². The van der Waals surface area contributed by atoms with Crippen molar-refractivity contribution in [3.63, 3.8) is 0 Å². The van der Waals surface area contributed by atoms with Crippen LogP contribution in [0.3, 0.4) is 0 Å². The van der Waals surface area contributed by atoms with Gasteiger partial charge in [-0.05, 0) is 37.0 Å². The molecule has 2 atom stereocenters. The Balaban J connectivity index is 2.24. The molecule has 2 rings (SSSR count). The summed E-state index contributed by atoms with van der Waals surface area (Å²) >= 11 is 3.33. The number of hydrogen-bond donors (Lipinski definition) is 1. The topological polar surface area (TPSA) is 46.2 Å². The van der Waals surface area contributed by atoms with Crippen LogP contribution in [0.2, 0.25) is 0 Å². The molecule has 118 valence electrons. The molecule has 1 aliphatic rings. The number of hydrogen-bond acceptors (Lipinski definition) is 2. The highest BCUT2D eigenvalue weighted by Crippen LogP contribution is 2.31. The van der Waals surface area contributed by atoms with Crippen LogP contribution in [0.5, 0.6) is 0 Å². The van der Waals surface area contributed by atoms with Crippen molar-refractivity contribution in [1.82, 2.24) is 4.72 Å². The van der Waals surface area contributed by atoms with E-state index in [-0.39, 0.29) is 16.9 Å². The third-order valence-electron chi connectivity index (χ3n) is 3.64. The van der Waals surface area contributed by atoms with Crippen LogP contribution < -0.4 is 4.72 Å². The largest absolute Gasteiger partial charge is 0.416 e. The van der Waals surface area contributed by atoms with Crippen LogP contribution >= 0.6 is 15.9 Å². The standard InChI is InChI=1S/C13H15BrF3NO2S/c14-8-9-3-1-6-12(9)18-21(19,20)11-5-2-4-10(7-11)13(15,16)17/h2,4-5,7,9,12,18H,1,3,6,8H2. The summed E-state index contributed by atoms with van der Waals surface area (Å²) in [5, 5.41) is 0.669. The average Bonchev–Trinajstić information content (AvgIpc) is 2.84. The van der Waals surface area contributed by atoms with Gasteiger partial charge in [-0.15, -0.1) is 0 Å². The number of halogens is 4. The van der Waals surface area contributed by atoms with Crippen LogP contribution in [0.4, 0.5) is 13.2 Å². The predicted octanol–water partition coefficient (Wildman–Crippen LogP) is 3.55. The van der Waals surface area contributed by atoms with Crippen molar-refractivity contribution >= 4 is 26.0 Å². The van der Waals surface area contributed by atoms with Crippen molar-refractivity contribution in [2.24, 2.45) is 5.92 Å². The van der Waals surface area contributed by atoms with Gasteiger partial charge >= 0.3 is 6.18 Å². The van der Waals surface area contributed by atoms with Gasteiger partial charge in [0.1, 0.15) is 0 Å². The molecule has 0 aliphatic heterocycles. The van der Waals surface area contributed by atoms with Crippen molar-refractivity contribution in [3.8, 4) is 0 Å². The van der Waals surface area contributed by atoms with Crippen LogP contribution in [0, 0.1) is 5.92 Å². The quantitative estimate of drug-likeness (QED) is 0.805. The summed E-state index contributed by atoms with van der Waals surface area (Å²) in [4.78, 5) is -0.349. The van der Waals surface area contributed by atoms with E-state index in [9.17, 15) is 21.6 Å². The maximum absolute atomic E-state index is 12.7. The number of nitrogens with one attached hydrogen (secondary N) is 1. The average molecular weight is 386 g/mol. The van der Waals surface area contributed by atoms with Gasteiger partial charge < -0.3 is 0 Å². The van der Waals surface area contributed by atoms with Gasteiger partial charge in [0.15, 0.2) is 0 Å². The smallest absolute Gasteiger partial charge is 0.208 e. The van der Waals surface area contributed by atoms with Crippen molar-refractivity contribution in [2.75, 3.05) is 5.33 Å². The summed E-state index contributed by atoms with van der Waals surface area (Å²) in [5.41, 5.74) is -0.964. The van der Waals surface area contributed by atoms with Crippen LogP contribution in [0.1, 0.15) is 24.8 Å². The lowest BCUT2D eigenvalue weighted by molar-refractivity contribution is -0.137. The van der Waals surface area contributed by atoms with Gasteiger partial charge in [0.05, 0.1) is 10.5 Å². The number of sulfonamides is 1. The van der Waals surface area contributed by atoms with Gasteiger partial charge in [-0.25, -0.2) is 13.1 Å². The zero-order valence-electron chi connectivity index (χ0n) is 11.0. The highest BCUT2D eigenvalue weighted by molar-refractivity contribution is 9.09. The molecule has 0 heterocycles. The molecule has 21 heavy (non-hydrogen) atoms. The van der Waals surface area contributed by atoms with E-state index in [1.807, 2.05) is 0 Å². The minimum absolute atomic E-state index is 0.172. The Morgan fingerprint density at radius 1 is 1.29 bits per heavy atom. The lowest BCUT2D eigenvalue weighted by atomic mass is 10.1. The Kier molecular flexibility index (Phi) is 4.99. The molecule has 8 heteroatoms. The van der Waals surface area contributed by atoms with Crippen LogP contribution in [0.15, 0.2) is 29.2 Å². The van der Waals surface area contributed by atoms with Gasteiger partial charge in [-0.3, -0.25) is 0 Å². The molecule has 1 N–H and O–H groups in total. The van der Waals surface area contributed by atoms with E-state index in [1.54, 1.807) is 0 Å². The lowest BCUT2D eigenvalue weighted by Crippen LogP contribution is -2.37. The Morgan fingerprint density at radius 3 is 2.62 bits per heavy atom. The highest BCUT2D eigenvalue weighted by atomic mass is 79.9. The first kappa shape index (κ1) is 16.8. The third-order valence-corrected chi connectivity index (χ3v) is 5.95. The van der Waals surface area contributed by atoms with E-state index < -0.39 is 21.8 Å². The molecule has 0 aromatic heterocycles. The third kappa shape index (κ3) is 3.98. The number of benzene rings is 1. The summed E-state index contributed by atoms with van der Waals surface area (Å²) in [6, 6.07) is 3.57. The highest BCUT2D eigenvalue weighted by Gasteiger charge is 2.33. The van der Waals surface area contributed by atoms with E-state index >= 15 is 0 Å². The molecule has 2 unspecified atom stereocenters. The summed E-state index contributed by atoms with van der Waals surface area (Å²) in [7, 11) is -3.94. The van der Waals surface area contributed by atoms with Gasteiger partial charge in [0.2, 0.25) is 10.0 Å². The Bertz CT molecular complexity index is 604. The second-order valence-corrected chi connectivity index (χ2v) is 7.46. The first-order valence-corrected chi connectivity index (χ1v) is 9.10. The second-order valence-electron chi connectivity index (χ2n) is 5.10. The maximum Gasteiger partial charge on any atom is 0.416 e.